The fraction of sp³-hybridized carbons (Fsp3) is 0.381. The summed E-state index contributed by atoms with van der Waals surface area (Å²) in [5, 5.41) is 2.96. The zero-order chi connectivity index (χ0) is 17.2. The lowest BCUT2D eigenvalue weighted by Gasteiger charge is -2.21. The van der Waals surface area contributed by atoms with Crippen molar-refractivity contribution in [3.63, 3.8) is 0 Å². The van der Waals surface area contributed by atoms with Crippen molar-refractivity contribution in [3.8, 4) is 0 Å². The first-order chi connectivity index (χ1) is 11.7. The Hall–Kier alpha value is -2.29. The second kappa shape index (κ2) is 9.76. The maximum absolute atomic E-state index is 11.0. The molecule has 0 unspecified atom stereocenters. The van der Waals surface area contributed by atoms with Gasteiger partial charge in [-0.1, -0.05) is 49.6 Å². The number of nitrogens with one attached hydrogen (secondary N) is 1. The Balaban J connectivity index is 0.000000174. The van der Waals surface area contributed by atoms with E-state index >= 15 is 0 Å². The van der Waals surface area contributed by atoms with Gasteiger partial charge in [-0.15, -0.1) is 0 Å². The molecule has 0 aliphatic heterocycles. The Morgan fingerprint density at radius 3 is 2.12 bits per heavy atom. The van der Waals surface area contributed by atoms with Crippen LogP contribution in [0.2, 0.25) is 0 Å². The minimum atomic E-state index is -0.308. The van der Waals surface area contributed by atoms with Crippen LogP contribution in [-0.2, 0) is 4.74 Å². The summed E-state index contributed by atoms with van der Waals surface area (Å²) in [5.41, 5.74) is 3.09. The van der Waals surface area contributed by atoms with E-state index < -0.39 is 0 Å². The topological polar surface area (TPSA) is 38.3 Å². The minimum absolute atomic E-state index is 0.308. The van der Waals surface area contributed by atoms with Gasteiger partial charge in [-0.3, -0.25) is 0 Å². The average molecular weight is 325 g/mol. The molecule has 3 heteroatoms. The molecule has 0 spiro atoms. The third-order valence-electron chi connectivity index (χ3n) is 4.47. The monoisotopic (exact) mass is 325 g/mol. The van der Waals surface area contributed by atoms with Gasteiger partial charge >= 0.3 is 5.97 Å². The number of benzene rings is 2. The number of hydrogen-bond acceptors (Lipinski definition) is 3. The first-order valence-electron chi connectivity index (χ1n) is 8.65. The highest BCUT2D eigenvalue weighted by Gasteiger charge is 2.14. The van der Waals surface area contributed by atoms with E-state index in [0.717, 1.165) is 11.6 Å². The summed E-state index contributed by atoms with van der Waals surface area (Å²) >= 11 is 0. The van der Waals surface area contributed by atoms with Crippen LogP contribution in [0.3, 0.4) is 0 Å². The number of methoxy groups -OCH3 is 1. The first-order valence-corrected chi connectivity index (χ1v) is 8.65. The second-order valence-electron chi connectivity index (χ2n) is 6.06. The Morgan fingerprint density at radius 2 is 1.58 bits per heavy atom. The highest BCUT2D eigenvalue weighted by atomic mass is 16.5. The van der Waals surface area contributed by atoms with E-state index in [-0.39, 0.29) is 5.97 Å². The number of anilines is 1. The molecule has 0 saturated heterocycles. The zero-order valence-electron chi connectivity index (χ0n) is 14.6. The van der Waals surface area contributed by atoms with Gasteiger partial charge in [0.25, 0.3) is 0 Å². The lowest BCUT2D eigenvalue weighted by atomic mass is 9.84. The molecule has 2 aromatic rings. The van der Waals surface area contributed by atoms with Crippen LogP contribution in [-0.4, -0.2) is 20.1 Å². The van der Waals surface area contributed by atoms with Crippen LogP contribution in [0, 0.1) is 0 Å². The predicted molar refractivity (Wildman–Crippen MR) is 99.6 cm³/mol. The number of rotatable bonds is 3. The van der Waals surface area contributed by atoms with Crippen molar-refractivity contribution in [2.75, 3.05) is 19.5 Å². The number of ether oxygens (including phenoxy) is 1. The van der Waals surface area contributed by atoms with Crippen LogP contribution < -0.4 is 5.32 Å². The van der Waals surface area contributed by atoms with Crippen LogP contribution in [0.25, 0.3) is 0 Å². The SMILES string of the molecule is CNc1ccc(C(=O)OC)cc1.c1ccc(C2CCCCC2)cc1. The molecular formula is C21H27NO2. The Morgan fingerprint density at radius 1 is 0.958 bits per heavy atom. The van der Waals surface area contributed by atoms with Gasteiger partial charge in [-0.05, 0) is 48.6 Å². The summed E-state index contributed by atoms with van der Waals surface area (Å²) in [5.74, 6) is 0.553. The second-order valence-corrected chi connectivity index (χ2v) is 6.06. The van der Waals surface area contributed by atoms with Gasteiger partial charge in [0, 0.05) is 12.7 Å². The molecule has 2 aromatic carbocycles. The smallest absolute Gasteiger partial charge is 0.337 e. The standard InChI is InChI=1S/C12H16.C9H11NO2/c1-3-7-11(8-4-1)12-9-5-2-6-10-12;1-10-8-5-3-7(4-6-8)9(11)12-2/h1,3-4,7-8,12H,2,5-6,9-10H2;3-6,10H,1-2H3. The molecule has 0 bridgehead atoms. The average Bonchev–Trinajstić information content (AvgIpc) is 2.69. The van der Waals surface area contributed by atoms with Gasteiger partial charge in [-0.2, -0.15) is 0 Å². The molecule has 1 N–H and O–H groups in total. The Bertz CT molecular complexity index is 601. The largest absolute Gasteiger partial charge is 0.465 e. The Labute approximate surface area is 145 Å². The summed E-state index contributed by atoms with van der Waals surface area (Å²) in [6, 6.07) is 18.1. The fourth-order valence-electron chi connectivity index (χ4n) is 3.05. The van der Waals surface area contributed by atoms with E-state index in [1.54, 1.807) is 17.7 Å². The van der Waals surface area contributed by atoms with Crippen LogP contribution in [0.1, 0.15) is 53.9 Å². The third-order valence-corrected chi connectivity index (χ3v) is 4.47. The van der Waals surface area contributed by atoms with E-state index in [1.807, 2.05) is 19.2 Å². The lowest BCUT2D eigenvalue weighted by Crippen LogP contribution is -2.03. The van der Waals surface area contributed by atoms with Crippen LogP contribution in [0.5, 0.6) is 0 Å². The maximum Gasteiger partial charge on any atom is 0.337 e. The molecule has 3 nitrogen and oxygen atoms in total. The molecule has 0 aromatic heterocycles. The van der Waals surface area contributed by atoms with Crippen molar-refractivity contribution >= 4 is 11.7 Å². The molecule has 0 radical (unpaired) electrons. The van der Waals surface area contributed by atoms with E-state index in [0.29, 0.717) is 5.56 Å². The molecule has 128 valence electrons. The number of carbonyl (C=O) groups is 1. The molecule has 1 fully saturated rings. The number of esters is 1. The summed E-state index contributed by atoms with van der Waals surface area (Å²) < 4.78 is 4.55. The quantitative estimate of drug-likeness (QED) is 0.783. The van der Waals surface area contributed by atoms with Gasteiger partial charge in [-0.25, -0.2) is 4.79 Å². The summed E-state index contributed by atoms with van der Waals surface area (Å²) in [6.07, 6.45) is 7.12. The van der Waals surface area contributed by atoms with Crippen molar-refractivity contribution < 1.29 is 9.53 Å². The molecule has 1 aliphatic carbocycles. The molecule has 1 aliphatic rings. The van der Waals surface area contributed by atoms with Gasteiger partial charge in [0.1, 0.15) is 0 Å². The normalized spacial score (nSPS) is 14.2. The molecule has 24 heavy (non-hydrogen) atoms. The van der Waals surface area contributed by atoms with E-state index in [9.17, 15) is 4.79 Å². The van der Waals surface area contributed by atoms with Gasteiger partial charge in [0.15, 0.2) is 0 Å². The highest BCUT2D eigenvalue weighted by molar-refractivity contribution is 5.89. The van der Waals surface area contributed by atoms with Gasteiger partial charge < -0.3 is 10.1 Å². The third kappa shape index (κ3) is 5.41. The lowest BCUT2D eigenvalue weighted by molar-refractivity contribution is 0.0601. The summed E-state index contributed by atoms with van der Waals surface area (Å²) in [6.45, 7) is 0. The molecule has 0 amide bonds. The van der Waals surface area contributed by atoms with E-state index in [4.69, 9.17) is 0 Å². The van der Waals surface area contributed by atoms with E-state index in [2.05, 4.69) is 40.4 Å². The summed E-state index contributed by atoms with van der Waals surface area (Å²) in [4.78, 5) is 11.0. The molecular weight excluding hydrogens is 298 g/mol. The molecule has 1 saturated carbocycles. The molecule has 3 rings (SSSR count). The number of carbonyl (C=O) groups excluding carboxylic acids is 1. The van der Waals surface area contributed by atoms with Gasteiger partial charge in [0.2, 0.25) is 0 Å². The van der Waals surface area contributed by atoms with E-state index in [1.165, 1.54) is 39.2 Å². The first kappa shape index (κ1) is 18.1. The van der Waals surface area contributed by atoms with Crippen LogP contribution in [0.4, 0.5) is 5.69 Å². The Kier molecular flexibility index (Phi) is 7.34. The van der Waals surface area contributed by atoms with Crippen molar-refractivity contribution in [1.82, 2.24) is 0 Å². The summed E-state index contributed by atoms with van der Waals surface area (Å²) in [7, 11) is 3.20. The van der Waals surface area contributed by atoms with Gasteiger partial charge in [0.05, 0.1) is 12.7 Å². The van der Waals surface area contributed by atoms with Crippen molar-refractivity contribution in [3.05, 3.63) is 65.7 Å². The minimum Gasteiger partial charge on any atom is -0.465 e. The fourth-order valence-corrected chi connectivity index (χ4v) is 3.05. The van der Waals surface area contributed by atoms with Crippen molar-refractivity contribution in [2.45, 2.75) is 38.0 Å². The number of hydrogen-bond donors (Lipinski definition) is 1. The van der Waals surface area contributed by atoms with Crippen LogP contribution >= 0.6 is 0 Å². The van der Waals surface area contributed by atoms with Crippen molar-refractivity contribution in [1.29, 1.82) is 0 Å². The molecule has 0 heterocycles. The highest BCUT2D eigenvalue weighted by Crippen LogP contribution is 2.32. The van der Waals surface area contributed by atoms with Crippen LogP contribution in [0.15, 0.2) is 54.6 Å². The maximum atomic E-state index is 11.0. The van der Waals surface area contributed by atoms with Crippen molar-refractivity contribution in [2.24, 2.45) is 0 Å². The predicted octanol–water partition coefficient (Wildman–Crippen LogP) is 5.25. The zero-order valence-corrected chi connectivity index (χ0v) is 14.6. The molecule has 0 atom stereocenters.